The minimum atomic E-state index is -4.47. The third-order valence-electron chi connectivity index (χ3n) is 11.5. The first kappa shape index (κ1) is 45.4. The van der Waals surface area contributed by atoms with E-state index in [-0.39, 0.29) is 34.8 Å². The van der Waals surface area contributed by atoms with Gasteiger partial charge in [-0.25, -0.2) is 4.58 Å². The van der Waals surface area contributed by atoms with Gasteiger partial charge in [-0.15, -0.1) is 0 Å². The smallest absolute Gasteiger partial charge is 0.294 e. The molecule has 1 aliphatic carbocycles. The Balaban J connectivity index is 1.57. The van der Waals surface area contributed by atoms with E-state index < -0.39 is 35.8 Å². The Kier molecular flexibility index (Phi) is 13.7. The number of fused-ring (bicyclic) bond motifs is 2. The summed E-state index contributed by atoms with van der Waals surface area (Å²) in [4.78, 5) is 4.06. The molecular weight excluding hydrogens is 803 g/mol. The molecule has 0 radical (unpaired) electrons. The van der Waals surface area contributed by atoms with Crippen LogP contribution in [0.2, 0.25) is 0 Å². The van der Waals surface area contributed by atoms with Gasteiger partial charge in [-0.2, -0.15) is 25.3 Å². The van der Waals surface area contributed by atoms with Crippen LogP contribution in [0.25, 0.3) is 0 Å². The quantitative estimate of drug-likeness (QED) is 0.0883. The van der Waals surface area contributed by atoms with Crippen molar-refractivity contribution in [1.29, 1.82) is 0 Å². The average molecular weight is 861 g/mol. The van der Waals surface area contributed by atoms with Crippen LogP contribution in [0.4, 0.5) is 11.4 Å². The molecule has 1 fully saturated rings. The predicted octanol–water partition coefficient (Wildman–Crippen LogP) is 6.35. The lowest BCUT2D eigenvalue weighted by Crippen LogP contribution is -2.29. The molecule has 58 heavy (non-hydrogen) atoms. The second-order valence-electron chi connectivity index (χ2n) is 16.5. The number of anilines is 2. The number of hydrogen-bond donors (Lipinski definition) is 4. The number of rotatable bonds is 15. The van der Waals surface area contributed by atoms with Crippen LogP contribution in [-0.4, -0.2) is 99.1 Å². The lowest BCUT2D eigenvalue weighted by molar-refractivity contribution is -0.499. The molecule has 2 heterocycles. The Hall–Kier alpha value is -3.64. The first-order chi connectivity index (χ1) is 27.0. The Morgan fingerprint density at radius 1 is 0.690 bits per heavy atom. The summed E-state index contributed by atoms with van der Waals surface area (Å²) in [6.45, 7) is 11.7. The molecule has 4 N–H and O–H groups in total. The molecule has 3 aliphatic rings. The topological polar surface area (TPSA) is 193 Å². The first-order valence-electron chi connectivity index (χ1n) is 19.7. The predicted molar refractivity (Wildman–Crippen MR) is 229 cm³/mol. The van der Waals surface area contributed by atoms with Crippen molar-refractivity contribution in [2.24, 2.45) is 0 Å². The van der Waals surface area contributed by atoms with Gasteiger partial charge in [0.15, 0.2) is 6.54 Å². The van der Waals surface area contributed by atoms with Gasteiger partial charge >= 0.3 is 0 Å². The Morgan fingerprint density at radius 2 is 1.16 bits per heavy atom. The first-order valence-corrected chi connectivity index (χ1v) is 24.3. The Morgan fingerprint density at radius 3 is 1.60 bits per heavy atom. The van der Waals surface area contributed by atoms with Gasteiger partial charge in [0, 0.05) is 57.8 Å². The Labute approximate surface area is 344 Å². The molecule has 16 heteroatoms. The zero-order valence-electron chi connectivity index (χ0n) is 34.3. The van der Waals surface area contributed by atoms with Crippen molar-refractivity contribution in [3.8, 4) is 0 Å². The molecule has 1 saturated carbocycles. The highest BCUT2D eigenvalue weighted by molar-refractivity contribution is 7.86. The standard InChI is InChI=1S/C42H57N3O10S3/c1-30-14-18-36-34(28-30)41(2,3)38(44(36)22-7-9-26-56(47,48)49)20-15-31-12-11-13-32(40(31)43(6)24-25-46)16-21-39-42(4,5)35-29-33(58(53,54)55)17-19-37(35)45(39)23-8-10-27-57(50,51)52/h14-21,28-29,46H,7-13,22-27H2,1-6H3,(H2-,47,48,49,50,51,52,53,54,55)/p+1. The van der Waals surface area contributed by atoms with E-state index in [0.717, 1.165) is 64.5 Å². The number of nitrogens with zero attached hydrogens (tertiary/aromatic N) is 3. The van der Waals surface area contributed by atoms with Crippen molar-refractivity contribution in [3.05, 3.63) is 99.9 Å². The zero-order valence-corrected chi connectivity index (χ0v) is 36.7. The lowest BCUT2D eigenvalue weighted by Gasteiger charge is -2.28. The van der Waals surface area contributed by atoms with E-state index in [9.17, 15) is 44.0 Å². The van der Waals surface area contributed by atoms with Crippen LogP contribution >= 0.6 is 0 Å². The van der Waals surface area contributed by atoms with Gasteiger partial charge in [-0.3, -0.25) is 13.7 Å². The highest BCUT2D eigenvalue weighted by Gasteiger charge is 2.42. The van der Waals surface area contributed by atoms with E-state index in [2.05, 4.69) is 66.7 Å². The van der Waals surface area contributed by atoms with E-state index in [0.29, 0.717) is 44.5 Å². The van der Waals surface area contributed by atoms with Crippen LogP contribution < -0.4 is 9.80 Å². The van der Waals surface area contributed by atoms with Gasteiger partial charge in [-0.1, -0.05) is 57.5 Å². The van der Waals surface area contributed by atoms with Crippen molar-refractivity contribution >= 4 is 47.4 Å². The molecule has 13 nitrogen and oxygen atoms in total. The third kappa shape index (κ3) is 10.4. The van der Waals surface area contributed by atoms with Crippen molar-refractivity contribution in [2.75, 3.05) is 54.6 Å². The van der Waals surface area contributed by atoms with Gasteiger partial charge in [0.2, 0.25) is 5.71 Å². The molecule has 318 valence electrons. The molecule has 0 unspecified atom stereocenters. The van der Waals surface area contributed by atoms with Crippen molar-refractivity contribution in [3.63, 3.8) is 0 Å². The highest BCUT2D eigenvalue weighted by Crippen LogP contribution is 2.50. The van der Waals surface area contributed by atoms with E-state index >= 15 is 0 Å². The molecule has 2 aromatic carbocycles. The largest absolute Gasteiger partial charge is 0.390 e. The summed E-state index contributed by atoms with van der Waals surface area (Å²) < 4.78 is 101. The molecule has 2 aliphatic heterocycles. The van der Waals surface area contributed by atoms with Crippen molar-refractivity contribution in [1.82, 2.24) is 0 Å². The number of aliphatic hydroxyl groups is 1. The number of benzene rings is 2. The molecule has 0 aromatic heterocycles. The lowest BCUT2D eigenvalue weighted by atomic mass is 9.82. The summed E-state index contributed by atoms with van der Waals surface area (Å²) >= 11 is 0. The fraction of sp³-hybridized carbons (Fsp3) is 0.500. The second kappa shape index (κ2) is 17.5. The molecule has 0 bridgehead atoms. The zero-order chi connectivity index (χ0) is 42.8. The number of likely N-dealkylation sites (N-methyl/N-ethyl adjacent to an activating group) is 1. The number of aliphatic hydroxyl groups excluding tert-OH is 1. The van der Waals surface area contributed by atoms with Gasteiger partial charge < -0.3 is 14.9 Å². The van der Waals surface area contributed by atoms with Gasteiger partial charge in [-0.05, 0) is 99.4 Å². The van der Waals surface area contributed by atoms with Gasteiger partial charge in [0.05, 0.1) is 16.4 Å². The van der Waals surface area contributed by atoms with Crippen LogP contribution in [-0.2, 0) is 41.2 Å². The second-order valence-corrected chi connectivity index (χ2v) is 21.1. The Bertz CT molecular complexity index is 2410. The fourth-order valence-electron chi connectivity index (χ4n) is 8.54. The number of hydrogen-bond acceptors (Lipinski definition) is 9. The van der Waals surface area contributed by atoms with Crippen LogP contribution in [0.5, 0.6) is 0 Å². The number of unbranched alkanes of at least 4 members (excludes halogenated alkanes) is 2. The average Bonchev–Trinajstić information content (AvgIpc) is 3.46. The van der Waals surface area contributed by atoms with Gasteiger partial charge in [0.1, 0.15) is 13.7 Å². The van der Waals surface area contributed by atoms with Crippen LogP contribution in [0, 0.1) is 6.92 Å². The maximum Gasteiger partial charge on any atom is 0.294 e. The maximum atomic E-state index is 12.2. The fourth-order valence-corrected chi connectivity index (χ4v) is 10.2. The molecule has 0 saturated heterocycles. The van der Waals surface area contributed by atoms with E-state index in [1.165, 1.54) is 17.7 Å². The summed E-state index contributed by atoms with van der Waals surface area (Å²) in [5.74, 6) is -0.674. The van der Waals surface area contributed by atoms with Crippen LogP contribution in [0.3, 0.4) is 0 Å². The van der Waals surface area contributed by atoms with Crippen molar-refractivity contribution in [2.45, 2.75) is 95.3 Å². The summed E-state index contributed by atoms with van der Waals surface area (Å²) in [6.07, 6.45) is 12.3. The summed E-state index contributed by atoms with van der Waals surface area (Å²) in [5, 5.41) is 10.1. The van der Waals surface area contributed by atoms with Crippen molar-refractivity contribution < 1.29 is 48.6 Å². The molecule has 2 aromatic rings. The minimum Gasteiger partial charge on any atom is -0.390 e. The van der Waals surface area contributed by atoms with Gasteiger partial charge in [0.25, 0.3) is 30.4 Å². The summed E-state index contributed by atoms with van der Waals surface area (Å²) in [6, 6.07) is 10.9. The summed E-state index contributed by atoms with van der Waals surface area (Å²) in [5.41, 5.74) is 8.77. The molecular formula is C42H58N3O10S3+. The van der Waals surface area contributed by atoms with E-state index in [1.807, 2.05) is 31.9 Å². The summed E-state index contributed by atoms with van der Waals surface area (Å²) in [7, 11) is -10.7. The number of aryl methyl sites for hydroxylation is 1. The maximum absolute atomic E-state index is 12.2. The SMILES string of the molecule is Cc1ccc2c(c1)C(C)(C)C(=CC=C1CCC/C(=C\C=C3\N(CCCCS(=O)(=O)O)c4ccc(S(=O)(=O)O)cc4C3(C)C)C1=[N+](C)CCO)N2CCCCS(=O)(=O)O. The minimum absolute atomic E-state index is 0.0580. The van der Waals surface area contributed by atoms with E-state index in [1.54, 1.807) is 6.07 Å². The highest BCUT2D eigenvalue weighted by atomic mass is 32.2. The normalized spacial score (nSPS) is 21.7. The molecule has 0 atom stereocenters. The molecule has 0 amide bonds. The van der Waals surface area contributed by atoms with Crippen LogP contribution in [0.1, 0.15) is 89.3 Å². The third-order valence-corrected chi connectivity index (χ3v) is 13.9. The molecule has 0 spiro atoms. The monoisotopic (exact) mass is 860 g/mol. The number of allylic oxidation sites excluding steroid dienone is 8. The molecule has 5 rings (SSSR count). The van der Waals surface area contributed by atoms with E-state index in [4.69, 9.17) is 0 Å². The van der Waals surface area contributed by atoms with Crippen LogP contribution in [0.15, 0.2) is 88.1 Å².